The maximum atomic E-state index is 12.5. The molecule has 0 saturated heterocycles. The van der Waals surface area contributed by atoms with Gasteiger partial charge >= 0.3 is 12.5 Å². The number of hydrogen-bond acceptors (Lipinski definition) is 3. The van der Waals surface area contributed by atoms with E-state index in [1.807, 2.05) is 0 Å². The Morgan fingerprint density at radius 2 is 1.83 bits per heavy atom. The number of aliphatic hydroxyl groups excluding tert-OH is 1. The number of rotatable bonds is 6. The molecule has 1 saturated carbocycles. The van der Waals surface area contributed by atoms with Crippen molar-refractivity contribution in [2.75, 3.05) is 6.54 Å². The molecule has 1 atom stereocenters. The minimum absolute atomic E-state index is 0.00681. The molecule has 9 heteroatoms. The fourth-order valence-corrected chi connectivity index (χ4v) is 2.18. The molecule has 1 fully saturated rings. The normalized spacial score (nSPS) is 17.4. The molecule has 0 heterocycles. The summed E-state index contributed by atoms with van der Waals surface area (Å²) in [5, 5.41) is 9.18. The molecular formula is C14H15F6NO2. The van der Waals surface area contributed by atoms with Crippen LogP contribution in [0.4, 0.5) is 26.3 Å². The van der Waals surface area contributed by atoms with Gasteiger partial charge in [-0.15, -0.1) is 13.2 Å². The van der Waals surface area contributed by atoms with Crippen molar-refractivity contribution in [2.45, 2.75) is 44.1 Å². The van der Waals surface area contributed by atoms with Gasteiger partial charge in [-0.1, -0.05) is 12.1 Å². The Bertz CT molecular complexity index is 527. The molecule has 1 aromatic rings. The second kappa shape index (κ2) is 6.56. The van der Waals surface area contributed by atoms with E-state index in [2.05, 4.69) is 4.74 Å². The summed E-state index contributed by atoms with van der Waals surface area (Å²) in [6, 6.07) is 4.98. The predicted molar refractivity (Wildman–Crippen MR) is 68.6 cm³/mol. The third-order valence-electron chi connectivity index (χ3n) is 3.37. The van der Waals surface area contributed by atoms with Crippen molar-refractivity contribution in [3.05, 3.63) is 29.8 Å². The van der Waals surface area contributed by atoms with E-state index in [-0.39, 0.29) is 12.6 Å². The van der Waals surface area contributed by atoms with Gasteiger partial charge in [0.1, 0.15) is 5.75 Å². The van der Waals surface area contributed by atoms with Gasteiger partial charge in [0.15, 0.2) is 6.10 Å². The molecular weight excluding hydrogens is 328 g/mol. The van der Waals surface area contributed by atoms with Gasteiger partial charge < -0.3 is 9.84 Å². The van der Waals surface area contributed by atoms with Crippen molar-refractivity contribution in [3.8, 4) is 5.75 Å². The Morgan fingerprint density at radius 1 is 1.17 bits per heavy atom. The number of aliphatic hydroxyl groups is 1. The highest BCUT2D eigenvalue weighted by Gasteiger charge is 2.41. The van der Waals surface area contributed by atoms with Gasteiger partial charge in [0, 0.05) is 19.1 Å². The quantitative estimate of drug-likeness (QED) is 0.803. The van der Waals surface area contributed by atoms with Crippen LogP contribution in [-0.4, -0.2) is 41.2 Å². The number of ether oxygens (including phenoxy) is 1. The zero-order valence-electron chi connectivity index (χ0n) is 11.9. The molecule has 1 aliphatic carbocycles. The van der Waals surface area contributed by atoms with Crippen LogP contribution in [0.2, 0.25) is 0 Å². The summed E-state index contributed by atoms with van der Waals surface area (Å²) in [4.78, 5) is 1.42. The summed E-state index contributed by atoms with van der Waals surface area (Å²) in [7, 11) is 0. The van der Waals surface area contributed by atoms with E-state index in [1.165, 1.54) is 17.0 Å². The van der Waals surface area contributed by atoms with Gasteiger partial charge in [-0.05, 0) is 30.5 Å². The standard InChI is InChI=1S/C14H15F6NO2/c15-13(16,17)12(22)8-21(10-4-5-10)7-9-2-1-3-11(6-9)23-14(18,19)20/h1-3,6,10,12,22H,4-5,7-8H2. The maximum absolute atomic E-state index is 12.5. The van der Waals surface area contributed by atoms with Crippen LogP contribution in [0.1, 0.15) is 18.4 Å². The first-order valence-corrected chi connectivity index (χ1v) is 6.88. The lowest BCUT2D eigenvalue weighted by atomic mass is 10.2. The minimum Gasteiger partial charge on any atom is -0.406 e. The molecule has 23 heavy (non-hydrogen) atoms. The topological polar surface area (TPSA) is 32.7 Å². The zero-order valence-corrected chi connectivity index (χ0v) is 11.9. The first-order valence-electron chi connectivity index (χ1n) is 6.88. The molecule has 2 rings (SSSR count). The fraction of sp³-hybridized carbons (Fsp3) is 0.571. The molecule has 0 aliphatic heterocycles. The van der Waals surface area contributed by atoms with Crippen LogP contribution in [0.5, 0.6) is 5.75 Å². The van der Waals surface area contributed by atoms with Crippen molar-refractivity contribution < 1.29 is 36.2 Å². The van der Waals surface area contributed by atoms with Crippen LogP contribution in [-0.2, 0) is 6.54 Å². The average molecular weight is 343 g/mol. The van der Waals surface area contributed by atoms with E-state index >= 15 is 0 Å². The molecule has 3 nitrogen and oxygen atoms in total. The van der Waals surface area contributed by atoms with Crippen LogP contribution in [0.25, 0.3) is 0 Å². The first-order chi connectivity index (χ1) is 10.5. The summed E-state index contributed by atoms with van der Waals surface area (Å²) in [5.74, 6) is -0.429. The summed E-state index contributed by atoms with van der Waals surface area (Å²) in [6.45, 7) is -0.606. The second-order valence-corrected chi connectivity index (χ2v) is 5.41. The zero-order chi connectivity index (χ0) is 17.3. The fourth-order valence-electron chi connectivity index (χ4n) is 2.18. The Hall–Kier alpha value is -1.48. The molecule has 1 unspecified atom stereocenters. The van der Waals surface area contributed by atoms with Crippen molar-refractivity contribution in [3.63, 3.8) is 0 Å². The van der Waals surface area contributed by atoms with Gasteiger partial charge in [0.2, 0.25) is 0 Å². The second-order valence-electron chi connectivity index (χ2n) is 5.41. The van der Waals surface area contributed by atoms with Gasteiger partial charge in [-0.25, -0.2) is 0 Å². The van der Waals surface area contributed by atoms with E-state index in [1.54, 1.807) is 0 Å². The molecule has 0 spiro atoms. The van der Waals surface area contributed by atoms with E-state index in [0.29, 0.717) is 18.4 Å². The summed E-state index contributed by atoms with van der Waals surface area (Å²) in [6.07, 6.45) is -10.7. The van der Waals surface area contributed by atoms with Crippen molar-refractivity contribution in [1.29, 1.82) is 0 Å². The number of alkyl halides is 6. The van der Waals surface area contributed by atoms with Crippen molar-refractivity contribution in [1.82, 2.24) is 4.90 Å². The van der Waals surface area contributed by atoms with Gasteiger partial charge in [0.05, 0.1) is 0 Å². The molecule has 0 amide bonds. The van der Waals surface area contributed by atoms with Gasteiger partial charge in [-0.3, -0.25) is 4.90 Å². The molecule has 1 aliphatic rings. The van der Waals surface area contributed by atoms with E-state index in [0.717, 1.165) is 12.1 Å². The lowest BCUT2D eigenvalue weighted by Crippen LogP contribution is -2.41. The molecule has 0 aromatic heterocycles. The van der Waals surface area contributed by atoms with Gasteiger partial charge in [0.25, 0.3) is 0 Å². The van der Waals surface area contributed by atoms with Gasteiger partial charge in [-0.2, -0.15) is 13.2 Å². The van der Waals surface area contributed by atoms with Crippen LogP contribution >= 0.6 is 0 Å². The smallest absolute Gasteiger partial charge is 0.406 e. The summed E-state index contributed by atoms with van der Waals surface area (Å²) < 4.78 is 77.7. The van der Waals surface area contributed by atoms with E-state index in [4.69, 9.17) is 0 Å². The highest BCUT2D eigenvalue weighted by Crippen LogP contribution is 2.31. The van der Waals surface area contributed by atoms with Crippen LogP contribution in [0.15, 0.2) is 24.3 Å². The Labute approximate surface area is 128 Å². The molecule has 1 aromatic carbocycles. The number of benzene rings is 1. The summed E-state index contributed by atoms with van der Waals surface area (Å²) in [5.41, 5.74) is 0.382. The highest BCUT2D eigenvalue weighted by molar-refractivity contribution is 5.28. The predicted octanol–water partition coefficient (Wildman–Crippen LogP) is 3.47. The van der Waals surface area contributed by atoms with Crippen LogP contribution < -0.4 is 4.74 Å². The molecule has 0 radical (unpaired) electrons. The minimum atomic E-state index is -4.83. The van der Waals surface area contributed by atoms with Crippen LogP contribution in [0.3, 0.4) is 0 Å². The third-order valence-corrected chi connectivity index (χ3v) is 3.37. The molecule has 0 bridgehead atoms. The largest absolute Gasteiger partial charge is 0.573 e. The van der Waals surface area contributed by atoms with Crippen molar-refractivity contribution >= 4 is 0 Å². The molecule has 130 valence electrons. The Morgan fingerprint density at radius 3 is 2.35 bits per heavy atom. The van der Waals surface area contributed by atoms with Crippen LogP contribution in [0, 0.1) is 0 Å². The Balaban J connectivity index is 2.04. The summed E-state index contributed by atoms with van der Waals surface area (Å²) >= 11 is 0. The lowest BCUT2D eigenvalue weighted by molar-refractivity contribution is -0.274. The number of nitrogens with zero attached hydrogens (tertiary/aromatic N) is 1. The monoisotopic (exact) mass is 343 g/mol. The van der Waals surface area contributed by atoms with Crippen molar-refractivity contribution in [2.24, 2.45) is 0 Å². The highest BCUT2D eigenvalue weighted by atomic mass is 19.4. The number of hydrogen-bond donors (Lipinski definition) is 1. The Kier molecular flexibility index (Phi) is 5.10. The molecule has 1 N–H and O–H groups in total. The SMILES string of the molecule is OC(CN(Cc1cccc(OC(F)(F)F)c1)C1CC1)C(F)(F)F. The average Bonchev–Trinajstić information content (AvgIpc) is 3.19. The van der Waals surface area contributed by atoms with E-state index in [9.17, 15) is 31.4 Å². The number of halogens is 6. The first kappa shape index (κ1) is 17.9. The van der Waals surface area contributed by atoms with E-state index < -0.39 is 30.9 Å². The maximum Gasteiger partial charge on any atom is 0.573 e. The lowest BCUT2D eigenvalue weighted by Gasteiger charge is -2.26. The third kappa shape index (κ3) is 5.91.